The number of nitrogens with two attached hydrogens (primary N) is 2. The Morgan fingerprint density at radius 2 is 2.05 bits per heavy atom. The third kappa shape index (κ3) is 3.02. The summed E-state index contributed by atoms with van der Waals surface area (Å²) in [7, 11) is 0. The van der Waals surface area contributed by atoms with Crippen molar-refractivity contribution in [2.45, 2.75) is 29.9 Å². The summed E-state index contributed by atoms with van der Waals surface area (Å²) >= 11 is 1.21. The van der Waals surface area contributed by atoms with Gasteiger partial charge in [0.25, 0.3) is 5.56 Å². The van der Waals surface area contributed by atoms with Crippen LogP contribution in [0.4, 0.5) is 11.6 Å². The van der Waals surface area contributed by atoms with E-state index in [1.807, 2.05) is 13.8 Å². The first kappa shape index (κ1) is 13.3. The van der Waals surface area contributed by atoms with Gasteiger partial charge in [-0.1, -0.05) is 13.8 Å². The molecular formula is C11H14N6OS. The quantitative estimate of drug-likeness (QED) is 0.565. The first-order valence-electron chi connectivity index (χ1n) is 5.62. The minimum atomic E-state index is -0.303. The second-order valence-corrected chi connectivity index (χ2v) is 5.19. The van der Waals surface area contributed by atoms with Crippen LogP contribution in [-0.4, -0.2) is 19.9 Å². The highest BCUT2D eigenvalue weighted by Crippen LogP contribution is 2.32. The molecule has 2 heterocycles. The molecule has 0 saturated carbocycles. The summed E-state index contributed by atoms with van der Waals surface area (Å²) in [5.74, 6) is 0.759. The van der Waals surface area contributed by atoms with E-state index < -0.39 is 0 Å². The van der Waals surface area contributed by atoms with Gasteiger partial charge in [-0.05, 0) is 17.7 Å². The van der Waals surface area contributed by atoms with E-state index in [0.29, 0.717) is 16.0 Å². The number of anilines is 2. The molecule has 0 aliphatic heterocycles. The van der Waals surface area contributed by atoms with Gasteiger partial charge < -0.3 is 16.5 Å². The number of aromatic nitrogens is 4. The number of nitrogen functional groups attached to an aromatic ring is 2. The Bertz CT molecular complexity index is 654. The molecule has 0 spiro atoms. The normalized spacial score (nSPS) is 10.9. The van der Waals surface area contributed by atoms with Gasteiger partial charge in [-0.2, -0.15) is 0 Å². The second kappa shape index (κ2) is 5.27. The molecule has 0 amide bonds. The van der Waals surface area contributed by atoms with Crippen LogP contribution >= 0.6 is 11.8 Å². The minimum Gasteiger partial charge on any atom is -0.383 e. The molecule has 5 N–H and O–H groups in total. The predicted molar refractivity (Wildman–Crippen MR) is 73.9 cm³/mol. The Morgan fingerprint density at radius 3 is 2.68 bits per heavy atom. The van der Waals surface area contributed by atoms with Crippen LogP contribution in [0.2, 0.25) is 0 Å². The van der Waals surface area contributed by atoms with Crippen LogP contribution in [0.25, 0.3) is 0 Å². The summed E-state index contributed by atoms with van der Waals surface area (Å²) < 4.78 is 0. The van der Waals surface area contributed by atoms with Crippen molar-refractivity contribution < 1.29 is 0 Å². The number of H-pyrrole nitrogens is 1. The average molecular weight is 278 g/mol. The van der Waals surface area contributed by atoms with Gasteiger partial charge in [0.15, 0.2) is 5.16 Å². The highest BCUT2D eigenvalue weighted by atomic mass is 32.2. The summed E-state index contributed by atoms with van der Waals surface area (Å²) in [6, 6.07) is 1.22. The lowest BCUT2D eigenvalue weighted by Crippen LogP contribution is -2.10. The van der Waals surface area contributed by atoms with E-state index in [9.17, 15) is 4.79 Å². The molecular weight excluding hydrogens is 264 g/mol. The molecule has 0 aliphatic rings. The molecule has 0 bridgehead atoms. The zero-order chi connectivity index (χ0) is 14.0. The Morgan fingerprint density at radius 1 is 1.32 bits per heavy atom. The zero-order valence-electron chi connectivity index (χ0n) is 10.5. The predicted octanol–water partition coefficient (Wildman–Crippen LogP) is 0.999. The van der Waals surface area contributed by atoms with Gasteiger partial charge in [-0.25, -0.2) is 15.0 Å². The van der Waals surface area contributed by atoms with E-state index in [2.05, 4.69) is 19.9 Å². The van der Waals surface area contributed by atoms with Crippen molar-refractivity contribution in [3.8, 4) is 0 Å². The molecule has 0 fully saturated rings. The fraction of sp³-hybridized carbons (Fsp3) is 0.273. The van der Waals surface area contributed by atoms with Crippen LogP contribution in [0, 0.1) is 0 Å². The van der Waals surface area contributed by atoms with E-state index in [4.69, 9.17) is 11.5 Å². The summed E-state index contributed by atoms with van der Waals surface area (Å²) in [6.07, 6.45) is 1.38. The van der Waals surface area contributed by atoms with E-state index in [1.165, 1.54) is 24.2 Å². The lowest BCUT2D eigenvalue weighted by atomic mass is 10.1. The molecule has 0 radical (unpaired) electrons. The first-order chi connectivity index (χ1) is 8.97. The van der Waals surface area contributed by atoms with Gasteiger partial charge in [-0.15, -0.1) is 0 Å². The molecule has 8 heteroatoms. The van der Waals surface area contributed by atoms with Crippen LogP contribution in [0.1, 0.15) is 25.3 Å². The molecule has 0 saturated heterocycles. The van der Waals surface area contributed by atoms with Crippen LogP contribution < -0.4 is 17.0 Å². The number of rotatable bonds is 3. The minimum absolute atomic E-state index is 0.163. The molecule has 2 aromatic rings. The van der Waals surface area contributed by atoms with E-state index >= 15 is 0 Å². The third-order valence-electron chi connectivity index (χ3n) is 2.39. The van der Waals surface area contributed by atoms with Crippen molar-refractivity contribution in [2.75, 3.05) is 11.5 Å². The first-order valence-corrected chi connectivity index (χ1v) is 6.44. The van der Waals surface area contributed by atoms with Gasteiger partial charge in [0, 0.05) is 11.6 Å². The van der Waals surface area contributed by atoms with Crippen LogP contribution in [0.5, 0.6) is 0 Å². The maximum atomic E-state index is 11.3. The summed E-state index contributed by atoms with van der Waals surface area (Å²) in [5, 5.41) is 1.04. The Kier molecular flexibility index (Phi) is 3.70. The standard InChI is InChI=1S/C11H14N6OS/c1-5(2)8-9(13)14-4-15-10(8)19-11-16-6(12)3-7(18)17-11/h3-5H,1-2H3,(H2,13,14,15)(H3,12,16,17,18). The van der Waals surface area contributed by atoms with Gasteiger partial charge in [0.1, 0.15) is 23.0 Å². The molecule has 0 atom stereocenters. The molecule has 100 valence electrons. The number of aromatic amines is 1. The maximum Gasteiger partial charge on any atom is 0.253 e. The van der Waals surface area contributed by atoms with Crippen molar-refractivity contribution in [3.63, 3.8) is 0 Å². The number of hydrogen-bond acceptors (Lipinski definition) is 7. The fourth-order valence-electron chi connectivity index (χ4n) is 1.61. The SMILES string of the molecule is CC(C)c1c(N)ncnc1Sc1nc(N)cc(=O)[nH]1. The molecule has 7 nitrogen and oxygen atoms in total. The van der Waals surface area contributed by atoms with E-state index in [-0.39, 0.29) is 17.3 Å². The molecule has 0 aliphatic carbocycles. The summed E-state index contributed by atoms with van der Waals surface area (Å²) in [5.41, 5.74) is 11.9. The zero-order valence-corrected chi connectivity index (χ0v) is 11.4. The van der Waals surface area contributed by atoms with Crippen molar-refractivity contribution in [1.29, 1.82) is 0 Å². The highest BCUT2D eigenvalue weighted by molar-refractivity contribution is 7.99. The maximum absolute atomic E-state index is 11.3. The lowest BCUT2D eigenvalue weighted by Gasteiger charge is -2.12. The Hall–Kier alpha value is -2.09. The lowest BCUT2D eigenvalue weighted by molar-refractivity contribution is 0.806. The Labute approximate surface area is 113 Å². The van der Waals surface area contributed by atoms with Crippen molar-refractivity contribution >= 4 is 23.4 Å². The van der Waals surface area contributed by atoms with E-state index in [0.717, 1.165) is 5.56 Å². The van der Waals surface area contributed by atoms with Crippen molar-refractivity contribution in [3.05, 3.63) is 28.3 Å². The Balaban J connectivity index is 2.43. The monoisotopic (exact) mass is 278 g/mol. The molecule has 0 aromatic carbocycles. The molecule has 19 heavy (non-hydrogen) atoms. The average Bonchev–Trinajstić information content (AvgIpc) is 2.26. The van der Waals surface area contributed by atoms with Crippen LogP contribution in [-0.2, 0) is 0 Å². The highest BCUT2D eigenvalue weighted by Gasteiger charge is 2.15. The topological polar surface area (TPSA) is 124 Å². The molecule has 2 rings (SSSR count). The molecule has 2 aromatic heterocycles. The number of hydrogen-bond donors (Lipinski definition) is 3. The smallest absolute Gasteiger partial charge is 0.253 e. The van der Waals surface area contributed by atoms with Crippen LogP contribution in [0.3, 0.4) is 0 Å². The van der Waals surface area contributed by atoms with Gasteiger partial charge in [-0.3, -0.25) is 4.79 Å². The van der Waals surface area contributed by atoms with Crippen LogP contribution in [0.15, 0.2) is 27.4 Å². The number of nitrogens with one attached hydrogen (secondary N) is 1. The fourth-order valence-corrected chi connectivity index (χ4v) is 2.65. The largest absolute Gasteiger partial charge is 0.383 e. The van der Waals surface area contributed by atoms with E-state index in [1.54, 1.807) is 0 Å². The summed E-state index contributed by atoms with van der Waals surface area (Å²) in [4.78, 5) is 26.1. The molecule has 0 unspecified atom stereocenters. The van der Waals surface area contributed by atoms with Gasteiger partial charge in [0.05, 0.1) is 0 Å². The van der Waals surface area contributed by atoms with Crippen molar-refractivity contribution in [2.24, 2.45) is 0 Å². The number of nitrogens with zero attached hydrogens (tertiary/aromatic N) is 3. The van der Waals surface area contributed by atoms with Gasteiger partial charge in [0.2, 0.25) is 0 Å². The third-order valence-corrected chi connectivity index (χ3v) is 3.29. The van der Waals surface area contributed by atoms with Gasteiger partial charge >= 0.3 is 0 Å². The second-order valence-electron chi connectivity index (χ2n) is 4.21. The van der Waals surface area contributed by atoms with Crippen molar-refractivity contribution in [1.82, 2.24) is 19.9 Å². The summed E-state index contributed by atoms with van der Waals surface area (Å²) in [6.45, 7) is 3.99.